The van der Waals surface area contributed by atoms with Gasteiger partial charge in [-0.25, -0.2) is 4.79 Å². The van der Waals surface area contributed by atoms with Crippen molar-refractivity contribution in [2.45, 2.75) is 167 Å². The van der Waals surface area contributed by atoms with Gasteiger partial charge >= 0.3 is 5.97 Å². The van der Waals surface area contributed by atoms with Crippen molar-refractivity contribution in [3.05, 3.63) is 59.4 Å². The van der Waals surface area contributed by atoms with Gasteiger partial charge in [0.2, 0.25) is 5.79 Å². The van der Waals surface area contributed by atoms with E-state index in [0.717, 1.165) is 11.0 Å². The zero-order chi connectivity index (χ0) is 49.5. The predicted octanol–water partition coefficient (Wildman–Crippen LogP) is 7.48. The Labute approximate surface area is 401 Å². The number of carbonyl (C=O) groups is 5. The molecule has 12 unspecified atom stereocenters. The topological polar surface area (TPSA) is 198 Å². The number of fused-ring (bicyclic) bond motifs is 4. The summed E-state index contributed by atoms with van der Waals surface area (Å²) in [6.45, 7) is 11.1. The Morgan fingerprint density at radius 3 is 2.41 bits per heavy atom. The average Bonchev–Trinajstić information content (AvgIpc) is 3.81. The Balaban J connectivity index is 1.27. The molecule has 3 fully saturated rings. The molecular formula is C53H75NO14. The molecule has 4 heterocycles. The van der Waals surface area contributed by atoms with Crippen molar-refractivity contribution in [3.8, 4) is 0 Å². The molecule has 2 N–H and O–H groups in total. The molecule has 68 heavy (non-hydrogen) atoms. The minimum atomic E-state index is -2.53. The maximum Gasteiger partial charge on any atom is 0.329 e. The monoisotopic (exact) mass is 950 g/mol. The minimum absolute atomic E-state index is 0.0611. The van der Waals surface area contributed by atoms with Gasteiger partial charge in [-0.15, -0.1) is 0 Å². The van der Waals surface area contributed by atoms with Gasteiger partial charge in [-0.1, -0.05) is 57.6 Å². The fourth-order valence-corrected chi connectivity index (χ4v) is 11.0. The van der Waals surface area contributed by atoms with Gasteiger partial charge in [0.05, 0.1) is 24.6 Å². The second kappa shape index (κ2) is 23.2. The number of piperidine rings is 1. The van der Waals surface area contributed by atoms with E-state index in [9.17, 15) is 34.2 Å². The molecular weight excluding hydrogens is 875 g/mol. The number of Topliss-reactive ketones (excluding diaryl/α,β-unsaturated/α-hetero) is 3. The number of aliphatic hydroxyl groups excluding tert-OH is 1. The first-order valence-corrected chi connectivity index (χ1v) is 24.7. The van der Waals surface area contributed by atoms with Crippen LogP contribution in [0.1, 0.15) is 129 Å². The molecule has 0 spiro atoms. The van der Waals surface area contributed by atoms with E-state index in [1.165, 1.54) is 19.1 Å². The number of esters is 1. The fourth-order valence-electron chi connectivity index (χ4n) is 11.0. The van der Waals surface area contributed by atoms with Gasteiger partial charge in [-0.3, -0.25) is 19.2 Å². The zero-order valence-electron chi connectivity index (χ0n) is 41.5. The summed E-state index contributed by atoms with van der Waals surface area (Å²) in [5, 5.41) is 24.9. The Morgan fingerprint density at radius 1 is 0.956 bits per heavy atom. The highest BCUT2D eigenvalue weighted by Gasteiger charge is 2.57. The molecule has 1 amide bonds. The van der Waals surface area contributed by atoms with Crippen molar-refractivity contribution in [1.82, 2.24) is 4.90 Å². The van der Waals surface area contributed by atoms with E-state index >= 15 is 0 Å². The van der Waals surface area contributed by atoms with Crippen LogP contribution in [0.4, 0.5) is 0 Å². The van der Waals surface area contributed by atoms with Crippen molar-refractivity contribution >= 4 is 40.2 Å². The standard InChI is InChI=1S/C53H75NO14/c1-10-37-24-31(2)23-32(3)29-52(63-8,64-9)47-19-14-34(5)53(61,68-47)49(58)50(59)54-21-12-11-13-40(54)51(60)67-48(35(6)41(55)28-42(37)56)33(4)25-36-15-18-44(46(26-36)62-7)66-30-43(57)39-17-16-38-20-22-65-45(38)27-39/h16-17,20,22,24-25,27,32,34-37,40-41,44,46-48,55,61H,10-15,18-19,21,23,26,28-30H2,1-9H3. The second-order valence-corrected chi connectivity index (χ2v) is 20.0. The molecule has 2 saturated heterocycles. The largest absolute Gasteiger partial charge is 0.464 e. The molecule has 6 rings (SSSR count). The van der Waals surface area contributed by atoms with E-state index in [0.29, 0.717) is 80.9 Å². The molecule has 2 bridgehead atoms. The van der Waals surface area contributed by atoms with Gasteiger partial charge in [-0.05, 0) is 108 Å². The zero-order valence-corrected chi connectivity index (χ0v) is 41.5. The summed E-state index contributed by atoms with van der Waals surface area (Å²) >= 11 is 0. The Kier molecular flexibility index (Phi) is 18.2. The molecule has 15 nitrogen and oxygen atoms in total. The van der Waals surface area contributed by atoms with Crippen LogP contribution in [0.25, 0.3) is 11.0 Å². The highest BCUT2D eigenvalue weighted by atomic mass is 16.7. The number of hydrogen-bond acceptors (Lipinski definition) is 14. The van der Waals surface area contributed by atoms with Gasteiger partial charge < -0.3 is 48.0 Å². The van der Waals surface area contributed by atoms with E-state index in [1.54, 1.807) is 39.4 Å². The van der Waals surface area contributed by atoms with Gasteiger partial charge in [-0.2, -0.15) is 0 Å². The lowest BCUT2D eigenvalue weighted by Crippen LogP contribution is -2.64. The molecule has 3 aliphatic heterocycles. The van der Waals surface area contributed by atoms with E-state index in [-0.39, 0.29) is 61.6 Å². The number of furan rings is 1. The third-order valence-electron chi connectivity index (χ3n) is 15.2. The van der Waals surface area contributed by atoms with Crippen LogP contribution in [0.15, 0.2) is 58.2 Å². The first kappa shape index (κ1) is 53.3. The van der Waals surface area contributed by atoms with Crippen molar-refractivity contribution in [2.75, 3.05) is 34.5 Å². The number of ether oxygens (including phenoxy) is 6. The number of ketones is 3. The van der Waals surface area contributed by atoms with Crippen molar-refractivity contribution in [1.29, 1.82) is 0 Å². The lowest BCUT2D eigenvalue weighted by atomic mass is 9.81. The maximum atomic E-state index is 14.5. The van der Waals surface area contributed by atoms with Crippen LogP contribution in [-0.4, -0.2) is 127 Å². The van der Waals surface area contributed by atoms with Crippen LogP contribution in [0.2, 0.25) is 0 Å². The molecule has 4 aliphatic rings. The summed E-state index contributed by atoms with van der Waals surface area (Å²) < 4.78 is 42.2. The highest BCUT2D eigenvalue weighted by molar-refractivity contribution is 6.39. The Hall–Kier alpha value is -4.09. The number of hydrogen-bond donors (Lipinski definition) is 2. The lowest BCUT2D eigenvalue weighted by Gasteiger charge is -2.48. The first-order valence-electron chi connectivity index (χ1n) is 24.7. The predicted molar refractivity (Wildman–Crippen MR) is 252 cm³/mol. The van der Waals surface area contributed by atoms with Gasteiger partial charge in [0.25, 0.3) is 11.7 Å². The van der Waals surface area contributed by atoms with E-state index in [2.05, 4.69) is 0 Å². The van der Waals surface area contributed by atoms with Crippen molar-refractivity contribution < 1.29 is 67.0 Å². The molecule has 15 heteroatoms. The number of nitrogens with zero attached hydrogens (tertiary/aromatic N) is 1. The summed E-state index contributed by atoms with van der Waals surface area (Å²) in [5.41, 5.74) is 2.71. The minimum Gasteiger partial charge on any atom is -0.464 e. The summed E-state index contributed by atoms with van der Waals surface area (Å²) in [5.74, 6) is -9.38. The molecule has 1 aliphatic carbocycles. The van der Waals surface area contributed by atoms with Crippen molar-refractivity contribution in [3.63, 3.8) is 0 Å². The molecule has 0 radical (unpaired) electrons. The van der Waals surface area contributed by atoms with Crippen LogP contribution in [0, 0.1) is 29.6 Å². The summed E-state index contributed by atoms with van der Waals surface area (Å²) in [6.07, 6.45) is 6.68. The quantitative estimate of drug-likeness (QED) is 0.0782. The first-order chi connectivity index (χ1) is 32.4. The smallest absolute Gasteiger partial charge is 0.329 e. The number of aliphatic hydroxyl groups is 2. The Morgan fingerprint density at radius 2 is 1.71 bits per heavy atom. The average molecular weight is 950 g/mol. The van der Waals surface area contributed by atoms with Crippen LogP contribution < -0.4 is 0 Å². The van der Waals surface area contributed by atoms with E-state index < -0.39 is 71.3 Å². The number of amides is 1. The normalized spacial score (nSPS) is 34.2. The second-order valence-electron chi connectivity index (χ2n) is 20.0. The third-order valence-corrected chi connectivity index (χ3v) is 15.2. The van der Waals surface area contributed by atoms with Gasteiger partial charge in [0.1, 0.15) is 36.2 Å². The third kappa shape index (κ3) is 11.9. The molecule has 1 saturated carbocycles. The number of carbonyl (C=O) groups excluding carboxylic acids is 5. The number of allylic oxidation sites excluding steroid dienone is 3. The van der Waals surface area contributed by atoms with E-state index in [4.69, 9.17) is 32.8 Å². The van der Waals surface area contributed by atoms with Crippen LogP contribution >= 0.6 is 0 Å². The van der Waals surface area contributed by atoms with E-state index in [1.807, 2.05) is 52.0 Å². The van der Waals surface area contributed by atoms with Gasteiger partial charge in [0, 0.05) is 69.4 Å². The molecule has 2 aromatic rings. The van der Waals surface area contributed by atoms with Crippen LogP contribution in [0.3, 0.4) is 0 Å². The SMILES string of the molecule is CCC1C=C(C)CC(C)CC(OC)(OC)C2CCC(C)C(O)(O2)C(=O)C(=O)N2CCCCC2C(=O)OC(C(C)=CC2CCC(OCC(=O)c3ccc4ccoc4c3)C(OC)C2)C(C)C(O)CC1=O. The summed E-state index contributed by atoms with van der Waals surface area (Å²) in [6, 6.07) is 5.97. The lowest BCUT2D eigenvalue weighted by molar-refractivity contribution is -0.344. The molecule has 1 aromatic heterocycles. The van der Waals surface area contributed by atoms with Crippen LogP contribution in [0.5, 0.6) is 0 Å². The summed E-state index contributed by atoms with van der Waals surface area (Å²) in [7, 11) is 4.56. The molecule has 12 atom stereocenters. The van der Waals surface area contributed by atoms with Crippen LogP contribution in [-0.2, 0) is 47.6 Å². The molecule has 376 valence electrons. The number of benzene rings is 1. The highest BCUT2D eigenvalue weighted by Crippen LogP contribution is 2.42. The number of rotatable bonds is 10. The molecule has 1 aromatic carbocycles. The Bertz CT molecular complexity index is 2160. The maximum absolute atomic E-state index is 14.5. The number of cyclic esters (lactones) is 1. The summed E-state index contributed by atoms with van der Waals surface area (Å²) in [4.78, 5) is 71.6. The van der Waals surface area contributed by atoms with Crippen molar-refractivity contribution in [2.24, 2.45) is 29.6 Å². The number of methoxy groups -OCH3 is 3. The van der Waals surface area contributed by atoms with Gasteiger partial charge in [0.15, 0.2) is 11.6 Å². The fraction of sp³-hybridized carbons (Fsp3) is 0.679.